The Kier molecular flexibility index (Phi) is 6.87. The van der Waals surface area contributed by atoms with E-state index in [0.717, 1.165) is 36.5 Å². The monoisotopic (exact) mass is 340 g/mol. The van der Waals surface area contributed by atoms with Crippen LogP contribution in [0, 0.1) is 6.92 Å². The fourth-order valence-electron chi connectivity index (χ4n) is 2.76. The van der Waals surface area contributed by atoms with Crippen molar-refractivity contribution in [1.29, 1.82) is 0 Å². The summed E-state index contributed by atoms with van der Waals surface area (Å²) in [6.07, 6.45) is 0.946. The molecule has 0 aromatic heterocycles. The van der Waals surface area contributed by atoms with E-state index < -0.39 is 0 Å². The second-order valence-corrected chi connectivity index (χ2v) is 6.01. The van der Waals surface area contributed by atoms with Crippen molar-refractivity contribution >= 4 is 17.3 Å². The Labute approximate surface area is 150 Å². The zero-order valence-electron chi connectivity index (χ0n) is 15.6. The fourth-order valence-corrected chi connectivity index (χ4v) is 2.76. The molecule has 0 aliphatic carbocycles. The molecule has 4 nitrogen and oxygen atoms in total. The molecule has 0 radical (unpaired) electrons. The Morgan fingerprint density at radius 1 is 1.08 bits per heavy atom. The number of aryl methyl sites for hydroxylation is 2. The molecule has 0 fully saturated rings. The van der Waals surface area contributed by atoms with Gasteiger partial charge in [0.25, 0.3) is 5.91 Å². The highest BCUT2D eigenvalue weighted by molar-refractivity contribution is 5.92. The second kappa shape index (κ2) is 9.11. The van der Waals surface area contributed by atoms with Gasteiger partial charge in [0.05, 0.1) is 0 Å². The Morgan fingerprint density at radius 2 is 1.84 bits per heavy atom. The average molecular weight is 340 g/mol. The lowest BCUT2D eigenvalue weighted by Crippen LogP contribution is -2.23. The molecule has 2 aromatic rings. The van der Waals surface area contributed by atoms with Gasteiger partial charge in [0, 0.05) is 24.5 Å². The maximum Gasteiger partial charge on any atom is 0.262 e. The molecule has 2 aromatic carbocycles. The molecule has 134 valence electrons. The minimum atomic E-state index is -0.152. The summed E-state index contributed by atoms with van der Waals surface area (Å²) in [4.78, 5) is 14.5. The van der Waals surface area contributed by atoms with Crippen LogP contribution in [0.5, 0.6) is 5.75 Å². The first kappa shape index (κ1) is 18.8. The van der Waals surface area contributed by atoms with Crippen molar-refractivity contribution in [2.24, 2.45) is 0 Å². The maximum atomic E-state index is 12.2. The van der Waals surface area contributed by atoms with Crippen molar-refractivity contribution in [3.63, 3.8) is 0 Å². The minimum absolute atomic E-state index is 0.00437. The molecule has 4 heteroatoms. The molecule has 0 saturated heterocycles. The number of hydrogen-bond donors (Lipinski definition) is 1. The third kappa shape index (κ3) is 5.24. The molecule has 25 heavy (non-hydrogen) atoms. The quantitative estimate of drug-likeness (QED) is 0.773. The van der Waals surface area contributed by atoms with E-state index in [2.05, 4.69) is 37.1 Å². The molecule has 0 spiro atoms. The maximum absolute atomic E-state index is 12.2. The van der Waals surface area contributed by atoms with Crippen LogP contribution in [0.4, 0.5) is 11.4 Å². The highest BCUT2D eigenvalue weighted by Crippen LogP contribution is 2.22. The topological polar surface area (TPSA) is 41.6 Å². The first-order chi connectivity index (χ1) is 12.1. The first-order valence-electron chi connectivity index (χ1n) is 8.94. The number of amides is 1. The van der Waals surface area contributed by atoms with E-state index in [0.29, 0.717) is 0 Å². The summed E-state index contributed by atoms with van der Waals surface area (Å²) in [6.45, 7) is 10.3. The van der Waals surface area contributed by atoms with Crippen LogP contribution in [0.3, 0.4) is 0 Å². The van der Waals surface area contributed by atoms with E-state index in [1.165, 1.54) is 11.3 Å². The molecule has 2 rings (SSSR count). The number of benzene rings is 2. The number of carbonyl (C=O) groups is 1. The fraction of sp³-hybridized carbons (Fsp3) is 0.381. The lowest BCUT2D eigenvalue weighted by molar-refractivity contribution is -0.118. The van der Waals surface area contributed by atoms with Crippen LogP contribution < -0.4 is 15.0 Å². The molecular formula is C21H28N2O2. The van der Waals surface area contributed by atoms with E-state index >= 15 is 0 Å². The van der Waals surface area contributed by atoms with Crippen molar-refractivity contribution < 1.29 is 9.53 Å². The van der Waals surface area contributed by atoms with Crippen LogP contribution >= 0.6 is 0 Å². The van der Waals surface area contributed by atoms with Crippen LogP contribution in [-0.2, 0) is 11.2 Å². The molecular weight excluding hydrogens is 312 g/mol. The Bertz CT molecular complexity index is 709. The predicted molar refractivity (Wildman–Crippen MR) is 105 cm³/mol. The van der Waals surface area contributed by atoms with Gasteiger partial charge in [-0.25, -0.2) is 0 Å². The Balaban J connectivity index is 1.95. The molecule has 0 saturated carbocycles. The number of nitrogens with zero attached hydrogens (tertiary/aromatic N) is 1. The van der Waals surface area contributed by atoms with Gasteiger partial charge >= 0.3 is 0 Å². The first-order valence-corrected chi connectivity index (χ1v) is 8.94. The third-order valence-corrected chi connectivity index (χ3v) is 4.29. The van der Waals surface area contributed by atoms with Gasteiger partial charge < -0.3 is 15.0 Å². The molecule has 0 unspecified atom stereocenters. The van der Waals surface area contributed by atoms with Crippen LogP contribution in [0.15, 0.2) is 42.5 Å². The van der Waals surface area contributed by atoms with E-state index in [1.807, 2.05) is 43.3 Å². The molecule has 0 aliphatic heterocycles. The van der Waals surface area contributed by atoms with Gasteiger partial charge in [-0.15, -0.1) is 0 Å². The number of ether oxygens (including phenoxy) is 1. The number of carbonyl (C=O) groups excluding carboxylic acids is 1. The number of rotatable bonds is 8. The Hall–Kier alpha value is -2.49. The standard InChI is InChI=1S/C21H28N2O2/c1-5-17-9-8-10-19(14-17)25-15-21(24)22-20-12-11-18(13-16(20)4)23(6-2)7-3/h8-14H,5-7,15H2,1-4H3,(H,22,24). The normalized spacial score (nSPS) is 10.4. The van der Waals surface area contributed by atoms with E-state index in [1.54, 1.807) is 0 Å². The van der Waals surface area contributed by atoms with Crippen LogP contribution in [0.25, 0.3) is 0 Å². The summed E-state index contributed by atoms with van der Waals surface area (Å²) >= 11 is 0. The zero-order chi connectivity index (χ0) is 18.2. The lowest BCUT2D eigenvalue weighted by Gasteiger charge is -2.22. The second-order valence-electron chi connectivity index (χ2n) is 6.01. The predicted octanol–water partition coefficient (Wildman–Crippen LogP) is 4.42. The van der Waals surface area contributed by atoms with Gasteiger partial charge in [-0.1, -0.05) is 19.1 Å². The summed E-state index contributed by atoms with van der Waals surface area (Å²) in [6, 6.07) is 13.9. The largest absolute Gasteiger partial charge is 0.484 e. The molecule has 0 atom stereocenters. The van der Waals surface area contributed by atoms with Gasteiger partial charge in [-0.05, 0) is 68.7 Å². The SMILES string of the molecule is CCc1cccc(OCC(=O)Nc2ccc(N(CC)CC)cc2C)c1. The lowest BCUT2D eigenvalue weighted by atomic mass is 10.1. The van der Waals surface area contributed by atoms with E-state index in [-0.39, 0.29) is 12.5 Å². The zero-order valence-corrected chi connectivity index (χ0v) is 15.6. The van der Waals surface area contributed by atoms with Crippen molar-refractivity contribution in [2.75, 3.05) is 29.9 Å². The summed E-state index contributed by atoms with van der Waals surface area (Å²) in [5, 5.41) is 2.93. The third-order valence-electron chi connectivity index (χ3n) is 4.29. The minimum Gasteiger partial charge on any atom is -0.484 e. The van der Waals surface area contributed by atoms with Gasteiger partial charge in [0.1, 0.15) is 5.75 Å². The van der Waals surface area contributed by atoms with Crippen LogP contribution in [-0.4, -0.2) is 25.6 Å². The molecule has 1 N–H and O–H groups in total. The van der Waals surface area contributed by atoms with Gasteiger partial charge in [0.2, 0.25) is 0 Å². The number of nitrogens with one attached hydrogen (secondary N) is 1. The van der Waals surface area contributed by atoms with Crippen LogP contribution in [0.2, 0.25) is 0 Å². The van der Waals surface area contributed by atoms with E-state index in [4.69, 9.17) is 4.74 Å². The van der Waals surface area contributed by atoms with Crippen molar-refractivity contribution in [1.82, 2.24) is 0 Å². The summed E-state index contributed by atoms with van der Waals surface area (Å²) < 4.78 is 5.60. The number of hydrogen-bond acceptors (Lipinski definition) is 3. The van der Waals surface area contributed by atoms with Gasteiger partial charge in [-0.3, -0.25) is 4.79 Å². The van der Waals surface area contributed by atoms with Crippen molar-refractivity contribution in [3.8, 4) is 5.75 Å². The summed E-state index contributed by atoms with van der Waals surface area (Å²) in [7, 11) is 0. The van der Waals surface area contributed by atoms with Crippen molar-refractivity contribution in [2.45, 2.75) is 34.1 Å². The van der Waals surface area contributed by atoms with Crippen molar-refractivity contribution in [3.05, 3.63) is 53.6 Å². The smallest absolute Gasteiger partial charge is 0.262 e. The number of anilines is 2. The van der Waals surface area contributed by atoms with Gasteiger partial charge in [0.15, 0.2) is 6.61 Å². The van der Waals surface area contributed by atoms with E-state index in [9.17, 15) is 4.79 Å². The summed E-state index contributed by atoms with van der Waals surface area (Å²) in [5.74, 6) is 0.573. The van der Waals surface area contributed by atoms with Crippen LogP contribution in [0.1, 0.15) is 31.9 Å². The molecule has 0 aliphatic rings. The van der Waals surface area contributed by atoms with Gasteiger partial charge in [-0.2, -0.15) is 0 Å². The summed E-state index contributed by atoms with van der Waals surface area (Å²) in [5.41, 5.74) is 4.24. The highest BCUT2D eigenvalue weighted by atomic mass is 16.5. The highest BCUT2D eigenvalue weighted by Gasteiger charge is 2.09. The molecule has 0 heterocycles. The average Bonchev–Trinajstić information content (AvgIpc) is 2.63. The Morgan fingerprint density at radius 3 is 2.48 bits per heavy atom. The molecule has 0 bridgehead atoms. The molecule has 1 amide bonds.